The van der Waals surface area contributed by atoms with Gasteiger partial charge in [-0.05, 0) is 49.2 Å². The monoisotopic (exact) mass is 340 g/mol. The van der Waals surface area contributed by atoms with Gasteiger partial charge in [-0.3, -0.25) is 5.32 Å². The van der Waals surface area contributed by atoms with Crippen LogP contribution in [0.15, 0.2) is 54.6 Å². The highest BCUT2D eigenvalue weighted by molar-refractivity contribution is 5.84. The van der Waals surface area contributed by atoms with E-state index >= 15 is 0 Å². The Morgan fingerprint density at radius 3 is 2.12 bits per heavy atom. The molecule has 0 aromatic heterocycles. The lowest BCUT2D eigenvalue weighted by molar-refractivity contribution is 0.142. The van der Waals surface area contributed by atoms with E-state index < -0.39 is 6.09 Å². The molecule has 0 bridgehead atoms. The maximum atomic E-state index is 11.8. The van der Waals surface area contributed by atoms with Crippen molar-refractivity contribution in [2.24, 2.45) is 0 Å². The number of nitrogens with zero attached hydrogens (tertiary/aromatic N) is 1. The fourth-order valence-corrected chi connectivity index (χ4v) is 2.65. The van der Waals surface area contributed by atoms with E-state index in [1.165, 1.54) is 11.1 Å². The Kier molecular flexibility index (Phi) is 7.99. The van der Waals surface area contributed by atoms with E-state index in [1.54, 1.807) is 0 Å². The fourth-order valence-electron chi connectivity index (χ4n) is 2.65. The first-order chi connectivity index (χ1) is 12.2. The number of carbonyl (C=O) groups excluding carboxylic acids is 1. The summed E-state index contributed by atoms with van der Waals surface area (Å²) in [4.78, 5) is 14.0. The highest BCUT2D eigenvalue weighted by Gasteiger charge is 2.05. The minimum Gasteiger partial charge on any atom is -0.448 e. The molecule has 2 rings (SSSR count). The molecule has 134 valence electrons. The van der Waals surface area contributed by atoms with Crippen molar-refractivity contribution in [3.8, 4) is 0 Å². The molecule has 0 spiro atoms. The smallest absolute Gasteiger partial charge is 0.411 e. The van der Waals surface area contributed by atoms with Crippen LogP contribution in [0, 0.1) is 0 Å². The third-order valence-electron chi connectivity index (χ3n) is 4.28. The molecular weight excluding hydrogens is 312 g/mol. The van der Waals surface area contributed by atoms with Crippen molar-refractivity contribution < 1.29 is 9.53 Å². The van der Waals surface area contributed by atoms with E-state index in [2.05, 4.69) is 60.5 Å². The zero-order valence-corrected chi connectivity index (χ0v) is 15.2. The van der Waals surface area contributed by atoms with E-state index in [9.17, 15) is 4.79 Å². The van der Waals surface area contributed by atoms with Crippen LogP contribution in [-0.2, 0) is 17.6 Å². The van der Waals surface area contributed by atoms with Crippen LogP contribution in [-0.4, -0.2) is 37.2 Å². The van der Waals surface area contributed by atoms with Crippen molar-refractivity contribution in [2.45, 2.75) is 26.7 Å². The summed E-state index contributed by atoms with van der Waals surface area (Å²) >= 11 is 0. The predicted molar refractivity (Wildman–Crippen MR) is 103 cm³/mol. The quantitative estimate of drug-likeness (QED) is 0.737. The van der Waals surface area contributed by atoms with E-state index in [4.69, 9.17) is 4.74 Å². The van der Waals surface area contributed by atoms with Crippen LogP contribution in [0.3, 0.4) is 0 Å². The molecule has 4 heteroatoms. The first kappa shape index (κ1) is 19.0. The third-order valence-corrected chi connectivity index (χ3v) is 4.28. The van der Waals surface area contributed by atoms with E-state index in [0.29, 0.717) is 6.61 Å². The normalized spacial score (nSPS) is 10.7. The van der Waals surface area contributed by atoms with Gasteiger partial charge in [0.2, 0.25) is 0 Å². The molecular formula is C21H28N2O2. The van der Waals surface area contributed by atoms with Crippen molar-refractivity contribution in [2.75, 3.05) is 31.6 Å². The zero-order chi connectivity index (χ0) is 17.9. The Balaban J connectivity index is 1.73. The summed E-state index contributed by atoms with van der Waals surface area (Å²) in [6.45, 7) is 7.30. The van der Waals surface area contributed by atoms with Crippen molar-refractivity contribution in [3.63, 3.8) is 0 Å². The standard InChI is InChI=1S/C21H28N2O2/c1-3-23(4-2)16-17-25-21(24)22-20-14-12-19(13-15-20)11-10-18-8-6-5-7-9-18/h5-9,12-15H,3-4,10-11,16-17H2,1-2H3,(H,22,24). The zero-order valence-electron chi connectivity index (χ0n) is 15.2. The van der Waals surface area contributed by atoms with Gasteiger partial charge in [-0.1, -0.05) is 56.3 Å². The molecule has 25 heavy (non-hydrogen) atoms. The highest BCUT2D eigenvalue weighted by atomic mass is 16.5. The summed E-state index contributed by atoms with van der Waals surface area (Å²) in [5.74, 6) is 0. The highest BCUT2D eigenvalue weighted by Crippen LogP contribution is 2.12. The Bertz CT molecular complexity index is 622. The molecule has 0 radical (unpaired) electrons. The summed E-state index contributed by atoms with van der Waals surface area (Å²) < 4.78 is 5.22. The Labute approximate surface area is 150 Å². The van der Waals surface area contributed by atoms with Crippen LogP contribution >= 0.6 is 0 Å². The number of anilines is 1. The number of aryl methyl sites for hydroxylation is 2. The molecule has 0 aliphatic heterocycles. The van der Waals surface area contributed by atoms with Gasteiger partial charge in [0, 0.05) is 12.2 Å². The summed E-state index contributed by atoms with van der Waals surface area (Å²) in [6, 6.07) is 18.4. The maximum absolute atomic E-state index is 11.8. The number of likely N-dealkylation sites (N-methyl/N-ethyl adjacent to an activating group) is 1. The molecule has 4 nitrogen and oxygen atoms in total. The topological polar surface area (TPSA) is 41.6 Å². The van der Waals surface area contributed by atoms with Crippen LogP contribution in [0.2, 0.25) is 0 Å². The average molecular weight is 340 g/mol. The number of benzene rings is 2. The molecule has 0 unspecified atom stereocenters. The number of rotatable bonds is 9. The van der Waals surface area contributed by atoms with Gasteiger partial charge in [0.25, 0.3) is 0 Å². The molecule has 0 aliphatic carbocycles. The van der Waals surface area contributed by atoms with Crippen LogP contribution in [0.1, 0.15) is 25.0 Å². The maximum Gasteiger partial charge on any atom is 0.411 e. The van der Waals surface area contributed by atoms with Gasteiger partial charge >= 0.3 is 6.09 Å². The van der Waals surface area contributed by atoms with Crippen LogP contribution in [0.5, 0.6) is 0 Å². The van der Waals surface area contributed by atoms with Gasteiger partial charge in [0.05, 0.1) is 0 Å². The van der Waals surface area contributed by atoms with Crippen LogP contribution in [0.4, 0.5) is 10.5 Å². The van der Waals surface area contributed by atoms with Crippen molar-refractivity contribution in [3.05, 3.63) is 65.7 Å². The number of nitrogens with one attached hydrogen (secondary N) is 1. The first-order valence-corrected chi connectivity index (χ1v) is 9.00. The van der Waals surface area contributed by atoms with Crippen LogP contribution < -0.4 is 5.32 Å². The van der Waals surface area contributed by atoms with E-state index in [1.807, 2.05) is 18.2 Å². The molecule has 0 aliphatic rings. The fraction of sp³-hybridized carbons (Fsp3) is 0.381. The second-order valence-corrected chi connectivity index (χ2v) is 5.97. The molecule has 0 heterocycles. The molecule has 2 aromatic carbocycles. The van der Waals surface area contributed by atoms with E-state index in [-0.39, 0.29) is 0 Å². The number of hydrogen-bond acceptors (Lipinski definition) is 3. The summed E-state index contributed by atoms with van der Waals surface area (Å²) in [6.07, 6.45) is 1.60. The van der Waals surface area contributed by atoms with E-state index in [0.717, 1.165) is 38.2 Å². The molecule has 2 aromatic rings. The Hall–Kier alpha value is -2.33. The molecule has 0 saturated carbocycles. The Morgan fingerprint density at radius 2 is 1.52 bits per heavy atom. The van der Waals surface area contributed by atoms with Gasteiger partial charge in [-0.25, -0.2) is 4.79 Å². The molecule has 1 N–H and O–H groups in total. The lowest BCUT2D eigenvalue weighted by Crippen LogP contribution is -2.28. The first-order valence-electron chi connectivity index (χ1n) is 9.00. The van der Waals surface area contributed by atoms with Crippen molar-refractivity contribution in [1.82, 2.24) is 4.90 Å². The van der Waals surface area contributed by atoms with Gasteiger partial charge < -0.3 is 9.64 Å². The summed E-state index contributed by atoms with van der Waals surface area (Å²) in [5, 5.41) is 2.77. The lowest BCUT2D eigenvalue weighted by Gasteiger charge is -2.17. The Morgan fingerprint density at radius 1 is 0.920 bits per heavy atom. The third kappa shape index (κ3) is 6.98. The molecule has 1 amide bonds. The van der Waals surface area contributed by atoms with Gasteiger partial charge in [-0.2, -0.15) is 0 Å². The molecule has 0 fully saturated rings. The van der Waals surface area contributed by atoms with Gasteiger partial charge in [0.15, 0.2) is 0 Å². The number of hydrogen-bond donors (Lipinski definition) is 1. The second kappa shape index (κ2) is 10.5. The largest absolute Gasteiger partial charge is 0.448 e. The number of carbonyl (C=O) groups is 1. The number of ether oxygens (including phenoxy) is 1. The predicted octanol–water partition coefficient (Wildman–Crippen LogP) is 4.36. The minimum atomic E-state index is -0.399. The number of amides is 1. The molecule has 0 saturated heterocycles. The van der Waals surface area contributed by atoms with Crippen LogP contribution in [0.25, 0.3) is 0 Å². The molecule has 0 atom stereocenters. The minimum absolute atomic E-state index is 0.399. The van der Waals surface area contributed by atoms with Crippen molar-refractivity contribution >= 4 is 11.8 Å². The van der Waals surface area contributed by atoms with Gasteiger partial charge in [-0.15, -0.1) is 0 Å². The van der Waals surface area contributed by atoms with Crippen molar-refractivity contribution in [1.29, 1.82) is 0 Å². The SMILES string of the molecule is CCN(CC)CCOC(=O)Nc1ccc(CCc2ccccc2)cc1. The summed E-state index contributed by atoms with van der Waals surface area (Å²) in [5.41, 5.74) is 3.35. The summed E-state index contributed by atoms with van der Waals surface area (Å²) in [7, 11) is 0. The lowest BCUT2D eigenvalue weighted by atomic mass is 10.0. The van der Waals surface area contributed by atoms with Gasteiger partial charge in [0.1, 0.15) is 6.61 Å². The second-order valence-electron chi connectivity index (χ2n) is 5.97. The average Bonchev–Trinajstić information content (AvgIpc) is 2.65.